The zero-order chi connectivity index (χ0) is 13.9. The van der Waals surface area contributed by atoms with E-state index in [1.165, 1.54) is 45.6 Å². The molecule has 1 aliphatic heterocycles. The maximum absolute atomic E-state index is 11.5. The molecule has 1 saturated heterocycles. The van der Waals surface area contributed by atoms with Crippen LogP contribution < -0.4 is 5.73 Å². The van der Waals surface area contributed by atoms with Crippen LogP contribution in [0.25, 0.3) is 0 Å². The van der Waals surface area contributed by atoms with Gasteiger partial charge >= 0.3 is 5.97 Å². The molecule has 1 heterocycles. The third-order valence-electron chi connectivity index (χ3n) is 5.18. The van der Waals surface area contributed by atoms with Crippen molar-refractivity contribution in [3.63, 3.8) is 0 Å². The SMILES string of the molecule is COC(=O)C(C)(N)CCN1CCC2(CCCC2)CC1. The number of hydrogen-bond acceptors (Lipinski definition) is 4. The van der Waals surface area contributed by atoms with E-state index in [1.807, 2.05) is 0 Å². The summed E-state index contributed by atoms with van der Waals surface area (Å²) in [4.78, 5) is 14.0. The van der Waals surface area contributed by atoms with Crippen molar-refractivity contribution in [1.29, 1.82) is 0 Å². The minimum atomic E-state index is -0.850. The lowest BCUT2D eigenvalue weighted by molar-refractivity contribution is -0.146. The number of nitrogens with two attached hydrogens (primary N) is 1. The molecule has 0 aromatic carbocycles. The number of ether oxygens (including phenoxy) is 1. The van der Waals surface area contributed by atoms with Crippen molar-refractivity contribution in [3.05, 3.63) is 0 Å². The van der Waals surface area contributed by atoms with Gasteiger partial charge in [-0.1, -0.05) is 12.8 Å². The maximum Gasteiger partial charge on any atom is 0.325 e. The van der Waals surface area contributed by atoms with Gasteiger partial charge in [-0.25, -0.2) is 0 Å². The van der Waals surface area contributed by atoms with Crippen LogP contribution in [0.15, 0.2) is 0 Å². The van der Waals surface area contributed by atoms with Gasteiger partial charge in [0.05, 0.1) is 7.11 Å². The lowest BCUT2D eigenvalue weighted by Gasteiger charge is -2.40. The van der Waals surface area contributed by atoms with Gasteiger partial charge in [-0.05, 0) is 57.5 Å². The second kappa shape index (κ2) is 5.80. The normalized spacial score (nSPS) is 26.3. The quantitative estimate of drug-likeness (QED) is 0.792. The van der Waals surface area contributed by atoms with Crippen LogP contribution in [0.5, 0.6) is 0 Å². The van der Waals surface area contributed by atoms with E-state index in [9.17, 15) is 4.79 Å². The summed E-state index contributed by atoms with van der Waals surface area (Å²) in [6.45, 7) is 4.99. The molecule has 1 atom stereocenters. The van der Waals surface area contributed by atoms with E-state index in [4.69, 9.17) is 10.5 Å². The third kappa shape index (κ3) is 3.48. The number of hydrogen-bond donors (Lipinski definition) is 1. The molecule has 0 aromatic rings. The highest BCUT2D eigenvalue weighted by Gasteiger charge is 2.37. The largest absolute Gasteiger partial charge is 0.468 e. The Kier molecular flexibility index (Phi) is 4.51. The van der Waals surface area contributed by atoms with Gasteiger partial charge in [0.25, 0.3) is 0 Å². The number of piperidine rings is 1. The van der Waals surface area contributed by atoms with Crippen LogP contribution >= 0.6 is 0 Å². The second-order valence-electron chi connectivity index (χ2n) is 6.71. The van der Waals surface area contributed by atoms with Gasteiger partial charge in [0.1, 0.15) is 5.54 Å². The molecule has 0 amide bonds. The van der Waals surface area contributed by atoms with Gasteiger partial charge in [-0.15, -0.1) is 0 Å². The van der Waals surface area contributed by atoms with Gasteiger partial charge in [0.15, 0.2) is 0 Å². The predicted octanol–water partition coefficient (Wildman–Crippen LogP) is 1.92. The predicted molar refractivity (Wildman–Crippen MR) is 75.8 cm³/mol. The standard InChI is InChI=1S/C15H28N2O2/c1-14(16,13(18)19-2)7-10-17-11-8-15(9-12-17)5-3-4-6-15/h3-12,16H2,1-2H3. The number of nitrogens with zero attached hydrogens (tertiary/aromatic N) is 1. The summed E-state index contributed by atoms with van der Waals surface area (Å²) >= 11 is 0. The van der Waals surface area contributed by atoms with Crippen LogP contribution in [0.4, 0.5) is 0 Å². The van der Waals surface area contributed by atoms with E-state index in [0.29, 0.717) is 11.8 Å². The Morgan fingerprint density at radius 2 is 1.84 bits per heavy atom. The van der Waals surface area contributed by atoms with Gasteiger partial charge in [0, 0.05) is 6.54 Å². The topological polar surface area (TPSA) is 55.6 Å². The van der Waals surface area contributed by atoms with Crippen molar-refractivity contribution < 1.29 is 9.53 Å². The van der Waals surface area contributed by atoms with E-state index < -0.39 is 5.54 Å². The van der Waals surface area contributed by atoms with E-state index in [1.54, 1.807) is 6.92 Å². The third-order valence-corrected chi connectivity index (χ3v) is 5.18. The summed E-state index contributed by atoms with van der Waals surface area (Å²) in [5, 5.41) is 0. The summed E-state index contributed by atoms with van der Waals surface area (Å²) in [5.41, 5.74) is 5.81. The molecule has 0 aromatic heterocycles. The van der Waals surface area contributed by atoms with E-state index in [-0.39, 0.29) is 5.97 Å². The van der Waals surface area contributed by atoms with Gasteiger partial charge in [-0.3, -0.25) is 4.79 Å². The Hall–Kier alpha value is -0.610. The van der Waals surface area contributed by atoms with Crippen LogP contribution in [0.3, 0.4) is 0 Å². The molecule has 1 aliphatic carbocycles. The Labute approximate surface area is 116 Å². The molecule has 1 saturated carbocycles. The first-order valence-electron chi connectivity index (χ1n) is 7.57. The number of esters is 1. The van der Waals surface area contributed by atoms with Crippen molar-refractivity contribution in [3.8, 4) is 0 Å². The van der Waals surface area contributed by atoms with Crippen molar-refractivity contribution in [2.75, 3.05) is 26.7 Å². The Morgan fingerprint density at radius 3 is 2.37 bits per heavy atom. The highest BCUT2D eigenvalue weighted by atomic mass is 16.5. The highest BCUT2D eigenvalue weighted by Crippen LogP contribution is 2.46. The fourth-order valence-corrected chi connectivity index (χ4v) is 3.60. The molecular weight excluding hydrogens is 240 g/mol. The molecule has 0 bridgehead atoms. The number of carbonyl (C=O) groups excluding carboxylic acids is 1. The fourth-order valence-electron chi connectivity index (χ4n) is 3.60. The summed E-state index contributed by atoms with van der Waals surface area (Å²) in [6, 6.07) is 0. The molecule has 4 heteroatoms. The smallest absolute Gasteiger partial charge is 0.325 e. The number of methoxy groups -OCH3 is 1. The first-order chi connectivity index (χ1) is 8.97. The Morgan fingerprint density at radius 1 is 1.26 bits per heavy atom. The fraction of sp³-hybridized carbons (Fsp3) is 0.933. The van der Waals surface area contributed by atoms with Crippen LogP contribution in [-0.4, -0.2) is 43.2 Å². The second-order valence-corrected chi connectivity index (χ2v) is 6.71. The van der Waals surface area contributed by atoms with Gasteiger partial charge in [0.2, 0.25) is 0 Å². The van der Waals surface area contributed by atoms with Crippen molar-refractivity contribution in [2.45, 2.75) is 57.4 Å². The maximum atomic E-state index is 11.5. The molecule has 19 heavy (non-hydrogen) atoms. The summed E-state index contributed by atoms with van der Waals surface area (Å²) in [6.07, 6.45) is 9.02. The summed E-state index contributed by atoms with van der Waals surface area (Å²) in [5.74, 6) is -0.309. The van der Waals surface area contributed by atoms with Gasteiger partial charge < -0.3 is 15.4 Å². The number of likely N-dealkylation sites (tertiary alicyclic amines) is 1. The van der Waals surface area contributed by atoms with E-state index in [0.717, 1.165) is 19.6 Å². The molecule has 2 N–H and O–H groups in total. The summed E-state index contributed by atoms with van der Waals surface area (Å²) < 4.78 is 4.75. The molecular formula is C15H28N2O2. The Bertz CT molecular complexity index is 312. The van der Waals surface area contributed by atoms with E-state index in [2.05, 4.69) is 4.90 Å². The molecule has 1 unspecified atom stereocenters. The molecule has 4 nitrogen and oxygen atoms in total. The van der Waals surface area contributed by atoms with Crippen molar-refractivity contribution >= 4 is 5.97 Å². The average Bonchev–Trinajstić information content (AvgIpc) is 2.85. The zero-order valence-corrected chi connectivity index (χ0v) is 12.4. The average molecular weight is 268 g/mol. The van der Waals surface area contributed by atoms with Crippen LogP contribution in [0.2, 0.25) is 0 Å². The zero-order valence-electron chi connectivity index (χ0n) is 12.4. The highest BCUT2D eigenvalue weighted by molar-refractivity contribution is 5.79. The van der Waals surface area contributed by atoms with Crippen molar-refractivity contribution in [2.24, 2.45) is 11.1 Å². The minimum absolute atomic E-state index is 0.309. The van der Waals surface area contributed by atoms with Crippen LogP contribution in [0, 0.1) is 5.41 Å². The van der Waals surface area contributed by atoms with Gasteiger partial charge in [-0.2, -0.15) is 0 Å². The first kappa shape index (κ1) is 14.8. The Balaban J connectivity index is 1.75. The molecule has 2 rings (SSSR count). The molecule has 0 radical (unpaired) electrons. The molecule has 110 valence electrons. The minimum Gasteiger partial charge on any atom is -0.468 e. The van der Waals surface area contributed by atoms with Crippen LogP contribution in [0.1, 0.15) is 51.9 Å². The number of rotatable bonds is 4. The molecule has 2 aliphatic rings. The monoisotopic (exact) mass is 268 g/mol. The molecule has 1 spiro atoms. The van der Waals surface area contributed by atoms with Crippen LogP contribution in [-0.2, 0) is 9.53 Å². The van der Waals surface area contributed by atoms with E-state index >= 15 is 0 Å². The lowest BCUT2D eigenvalue weighted by Crippen LogP contribution is -2.49. The molecule has 2 fully saturated rings. The lowest BCUT2D eigenvalue weighted by atomic mass is 9.77. The summed E-state index contributed by atoms with van der Waals surface area (Å²) in [7, 11) is 1.40. The number of carbonyl (C=O) groups is 1. The van der Waals surface area contributed by atoms with Crippen molar-refractivity contribution in [1.82, 2.24) is 4.90 Å². The first-order valence-corrected chi connectivity index (χ1v) is 7.57.